The number of rotatable bonds is 3. The summed E-state index contributed by atoms with van der Waals surface area (Å²) in [5.41, 5.74) is 4.75. The number of nitrogens with one attached hydrogen (secondary N) is 1. The number of thioether (sulfide) groups is 1. The van der Waals surface area contributed by atoms with Crippen LogP contribution in [0.1, 0.15) is 5.56 Å². The van der Waals surface area contributed by atoms with Gasteiger partial charge in [0.25, 0.3) is 5.91 Å². The first kappa shape index (κ1) is 19.1. The SMILES string of the molecule is O=C1N=C(Nc2cc(-c3ccsc3)ccc2Cl)S/C1=C\c1ccc2ncccc2c1. The average Bonchev–Trinajstić information content (AvgIpc) is 3.40. The van der Waals surface area contributed by atoms with Gasteiger partial charge in [-0.1, -0.05) is 29.8 Å². The zero-order valence-corrected chi connectivity index (χ0v) is 17.9. The van der Waals surface area contributed by atoms with Crippen molar-refractivity contribution in [1.29, 1.82) is 0 Å². The lowest BCUT2D eigenvalue weighted by atomic mass is 10.1. The van der Waals surface area contributed by atoms with Gasteiger partial charge in [0.1, 0.15) is 0 Å². The molecule has 146 valence electrons. The number of halogens is 1. The maximum Gasteiger partial charge on any atom is 0.286 e. The van der Waals surface area contributed by atoms with Crippen LogP contribution in [-0.2, 0) is 4.79 Å². The molecular weight excluding hydrogens is 434 g/mol. The number of carbonyl (C=O) groups excluding carboxylic acids is 1. The van der Waals surface area contributed by atoms with E-state index >= 15 is 0 Å². The van der Waals surface area contributed by atoms with Gasteiger partial charge in [0.15, 0.2) is 5.17 Å². The van der Waals surface area contributed by atoms with Crippen molar-refractivity contribution in [2.24, 2.45) is 4.99 Å². The number of carbonyl (C=O) groups is 1. The van der Waals surface area contributed by atoms with Gasteiger partial charge in [-0.15, -0.1) is 0 Å². The standard InChI is InChI=1S/C23H14ClN3OS2/c24-18-5-4-15(17-7-9-29-13-17)12-20(18)26-23-27-22(28)21(30-23)11-14-3-6-19-16(10-14)2-1-8-25-19/h1-13H,(H,26,27,28)/b21-11-. The fourth-order valence-corrected chi connectivity index (χ4v) is 4.80. The zero-order chi connectivity index (χ0) is 20.5. The number of nitrogens with zero attached hydrogens (tertiary/aromatic N) is 2. The molecule has 4 aromatic rings. The van der Waals surface area contributed by atoms with Gasteiger partial charge >= 0.3 is 0 Å². The van der Waals surface area contributed by atoms with Crippen LogP contribution in [0.5, 0.6) is 0 Å². The Morgan fingerprint density at radius 2 is 1.97 bits per heavy atom. The fraction of sp³-hybridized carbons (Fsp3) is 0. The Labute approximate surface area is 186 Å². The Balaban J connectivity index is 1.37. The van der Waals surface area contributed by atoms with Crippen LogP contribution in [-0.4, -0.2) is 16.1 Å². The number of fused-ring (bicyclic) bond motifs is 1. The Morgan fingerprint density at radius 1 is 1.03 bits per heavy atom. The number of benzene rings is 2. The van der Waals surface area contributed by atoms with E-state index in [4.69, 9.17) is 11.6 Å². The van der Waals surface area contributed by atoms with Crippen LogP contribution < -0.4 is 5.32 Å². The van der Waals surface area contributed by atoms with Crippen molar-refractivity contribution >= 4 is 68.4 Å². The van der Waals surface area contributed by atoms with E-state index in [9.17, 15) is 4.79 Å². The maximum atomic E-state index is 12.4. The lowest BCUT2D eigenvalue weighted by Gasteiger charge is -2.09. The highest BCUT2D eigenvalue weighted by molar-refractivity contribution is 8.18. The van der Waals surface area contributed by atoms with E-state index in [0.717, 1.165) is 33.3 Å². The van der Waals surface area contributed by atoms with Crippen molar-refractivity contribution in [3.63, 3.8) is 0 Å². The molecule has 1 aliphatic heterocycles. The van der Waals surface area contributed by atoms with E-state index in [0.29, 0.717) is 15.1 Å². The number of hydrogen-bond donors (Lipinski definition) is 1. The van der Waals surface area contributed by atoms with E-state index in [1.54, 1.807) is 17.5 Å². The number of hydrogen-bond acceptors (Lipinski definition) is 5. The molecule has 30 heavy (non-hydrogen) atoms. The normalized spacial score (nSPS) is 15.0. The molecule has 0 atom stereocenters. The molecule has 4 nitrogen and oxygen atoms in total. The van der Waals surface area contributed by atoms with Gasteiger partial charge in [-0.05, 0) is 81.7 Å². The van der Waals surface area contributed by atoms with Crippen LogP contribution in [0.4, 0.5) is 5.69 Å². The predicted molar refractivity (Wildman–Crippen MR) is 128 cm³/mol. The van der Waals surface area contributed by atoms with E-state index < -0.39 is 0 Å². The Kier molecular flexibility index (Phi) is 5.12. The number of amidine groups is 1. The van der Waals surface area contributed by atoms with Crippen molar-refractivity contribution in [3.8, 4) is 11.1 Å². The van der Waals surface area contributed by atoms with Crippen molar-refractivity contribution in [1.82, 2.24) is 4.98 Å². The molecular formula is C23H14ClN3OS2. The summed E-state index contributed by atoms with van der Waals surface area (Å²) in [6, 6.07) is 17.6. The molecule has 1 amide bonds. The molecule has 0 saturated heterocycles. The molecule has 7 heteroatoms. The summed E-state index contributed by atoms with van der Waals surface area (Å²) in [6.07, 6.45) is 3.61. The van der Waals surface area contributed by atoms with E-state index in [1.807, 2.05) is 60.0 Å². The molecule has 0 fully saturated rings. The van der Waals surface area contributed by atoms with Gasteiger partial charge < -0.3 is 5.32 Å². The summed E-state index contributed by atoms with van der Waals surface area (Å²) in [5, 5.41) is 9.43. The molecule has 2 aromatic carbocycles. The monoisotopic (exact) mass is 447 g/mol. The Morgan fingerprint density at radius 3 is 2.83 bits per heavy atom. The second-order valence-corrected chi connectivity index (χ2v) is 8.84. The molecule has 0 spiro atoms. The third kappa shape index (κ3) is 3.89. The quantitative estimate of drug-likeness (QED) is 0.355. The highest BCUT2D eigenvalue weighted by atomic mass is 35.5. The predicted octanol–water partition coefficient (Wildman–Crippen LogP) is 6.70. The topological polar surface area (TPSA) is 54.4 Å². The van der Waals surface area contributed by atoms with Crippen LogP contribution in [0, 0.1) is 0 Å². The number of amides is 1. The minimum Gasteiger partial charge on any atom is -0.333 e. The largest absolute Gasteiger partial charge is 0.333 e. The van der Waals surface area contributed by atoms with Crippen molar-refractivity contribution in [3.05, 3.63) is 87.0 Å². The first-order chi connectivity index (χ1) is 14.7. The molecule has 5 rings (SSSR count). The van der Waals surface area contributed by atoms with Gasteiger partial charge in [0.2, 0.25) is 0 Å². The van der Waals surface area contributed by atoms with Crippen LogP contribution in [0.2, 0.25) is 5.02 Å². The smallest absolute Gasteiger partial charge is 0.286 e. The first-order valence-electron chi connectivity index (χ1n) is 9.12. The second kappa shape index (κ2) is 8.07. The maximum absolute atomic E-state index is 12.4. The minimum absolute atomic E-state index is 0.265. The number of anilines is 1. The lowest BCUT2D eigenvalue weighted by Crippen LogP contribution is -2.05. The second-order valence-electron chi connectivity index (χ2n) is 6.62. The van der Waals surface area contributed by atoms with E-state index in [1.165, 1.54) is 11.8 Å². The molecule has 1 aliphatic rings. The molecule has 1 N–H and O–H groups in total. The number of thiophene rings is 1. The number of aromatic nitrogens is 1. The highest BCUT2D eigenvalue weighted by Gasteiger charge is 2.22. The summed E-state index contributed by atoms with van der Waals surface area (Å²) in [6.45, 7) is 0. The van der Waals surface area contributed by atoms with Crippen LogP contribution in [0.15, 0.2) is 81.5 Å². The van der Waals surface area contributed by atoms with Gasteiger partial charge in [0.05, 0.1) is 21.1 Å². The van der Waals surface area contributed by atoms with E-state index in [2.05, 4.69) is 26.7 Å². The van der Waals surface area contributed by atoms with Crippen molar-refractivity contribution in [2.75, 3.05) is 5.32 Å². The number of aliphatic imine (C=N–C) groups is 1. The summed E-state index contributed by atoms with van der Waals surface area (Å²) < 4.78 is 0. The Hall–Kier alpha value is -2.93. The van der Waals surface area contributed by atoms with Crippen LogP contribution in [0.3, 0.4) is 0 Å². The third-order valence-electron chi connectivity index (χ3n) is 4.61. The van der Waals surface area contributed by atoms with Crippen molar-refractivity contribution < 1.29 is 4.79 Å². The van der Waals surface area contributed by atoms with Gasteiger partial charge in [-0.2, -0.15) is 16.3 Å². The fourth-order valence-electron chi connectivity index (χ4n) is 3.14. The van der Waals surface area contributed by atoms with Gasteiger partial charge in [-0.3, -0.25) is 9.78 Å². The summed E-state index contributed by atoms with van der Waals surface area (Å²) in [5.74, 6) is -0.265. The molecule has 0 aliphatic carbocycles. The first-order valence-corrected chi connectivity index (χ1v) is 11.3. The molecule has 0 bridgehead atoms. The average molecular weight is 448 g/mol. The van der Waals surface area contributed by atoms with Crippen LogP contribution >= 0.6 is 34.7 Å². The molecule has 2 aromatic heterocycles. The van der Waals surface area contributed by atoms with Crippen molar-refractivity contribution in [2.45, 2.75) is 0 Å². The third-order valence-corrected chi connectivity index (χ3v) is 6.52. The van der Waals surface area contributed by atoms with Gasteiger partial charge in [0, 0.05) is 11.6 Å². The molecule has 0 radical (unpaired) electrons. The van der Waals surface area contributed by atoms with E-state index in [-0.39, 0.29) is 5.91 Å². The molecule has 0 saturated carbocycles. The molecule has 3 heterocycles. The van der Waals surface area contributed by atoms with Gasteiger partial charge in [-0.25, -0.2) is 0 Å². The summed E-state index contributed by atoms with van der Waals surface area (Å²) >= 11 is 9.31. The summed E-state index contributed by atoms with van der Waals surface area (Å²) in [7, 11) is 0. The number of pyridine rings is 1. The molecule has 0 unspecified atom stereocenters. The summed E-state index contributed by atoms with van der Waals surface area (Å²) in [4.78, 5) is 21.5. The van der Waals surface area contributed by atoms with Crippen LogP contribution in [0.25, 0.3) is 28.1 Å². The Bertz CT molecular complexity index is 1330. The lowest BCUT2D eigenvalue weighted by molar-refractivity contribution is -0.113. The minimum atomic E-state index is -0.265. The highest BCUT2D eigenvalue weighted by Crippen LogP contribution is 2.34. The zero-order valence-electron chi connectivity index (χ0n) is 15.5.